The summed E-state index contributed by atoms with van der Waals surface area (Å²) in [4.78, 5) is 12.2. The second kappa shape index (κ2) is 8.48. The summed E-state index contributed by atoms with van der Waals surface area (Å²) in [5, 5.41) is 11.7. The van der Waals surface area contributed by atoms with Crippen LogP contribution in [0.2, 0.25) is 0 Å². The number of aliphatic hydroxyl groups excluding tert-OH is 1. The van der Waals surface area contributed by atoms with Crippen molar-refractivity contribution in [3.8, 4) is 0 Å². The Morgan fingerprint density at radius 1 is 1.11 bits per heavy atom. The lowest BCUT2D eigenvalue weighted by atomic mass is 9.73. The molecule has 0 unspecified atom stereocenters. The summed E-state index contributed by atoms with van der Waals surface area (Å²) in [6.07, 6.45) is 9.33. The van der Waals surface area contributed by atoms with E-state index in [1.807, 2.05) is 0 Å². The highest BCUT2D eigenvalue weighted by molar-refractivity contribution is 5.82. The van der Waals surface area contributed by atoms with Crippen molar-refractivity contribution >= 4 is 5.91 Å². The van der Waals surface area contributed by atoms with Crippen molar-refractivity contribution in [3.05, 3.63) is 0 Å². The van der Waals surface area contributed by atoms with Crippen LogP contribution < -0.4 is 11.1 Å². The second-order valence-electron chi connectivity index (χ2n) is 5.44. The Bertz CT molecular complexity index is 238. The standard InChI is InChI=1S/C14H28N2O2/c15-12-14(8-4-3-5-9-14)13(18)16-10-6-1-2-7-11-17/h17H,1-12,15H2,(H,16,18). The topological polar surface area (TPSA) is 75.4 Å². The Labute approximate surface area is 110 Å². The highest BCUT2D eigenvalue weighted by atomic mass is 16.2. The van der Waals surface area contributed by atoms with Gasteiger partial charge in [-0.25, -0.2) is 0 Å². The molecule has 0 saturated heterocycles. The van der Waals surface area contributed by atoms with E-state index in [0.717, 1.165) is 57.9 Å². The lowest BCUT2D eigenvalue weighted by Crippen LogP contribution is -2.47. The average molecular weight is 256 g/mol. The molecule has 1 saturated carbocycles. The van der Waals surface area contributed by atoms with Crippen LogP contribution in [0.25, 0.3) is 0 Å². The van der Waals surface area contributed by atoms with Crippen LogP contribution in [0.5, 0.6) is 0 Å². The molecule has 1 aliphatic carbocycles. The number of nitrogens with one attached hydrogen (secondary N) is 1. The van der Waals surface area contributed by atoms with Crippen molar-refractivity contribution in [1.82, 2.24) is 5.32 Å². The van der Waals surface area contributed by atoms with Gasteiger partial charge in [0.1, 0.15) is 0 Å². The van der Waals surface area contributed by atoms with Crippen LogP contribution >= 0.6 is 0 Å². The molecule has 4 N–H and O–H groups in total. The number of nitrogens with two attached hydrogens (primary N) is 1. The van der Waals surface area contributed by atoms with E-state index < -0.39 is 0 Å². The third-order valence-electron chi connectivity index (χ3n) is 4.05. The lowest BCUT2D eigenvalue weighted by molar-refractivity contribution is -0.132. The molecule has 1 rings (SSSR count). The first-order valence-corrected chi connectivity index (χ1v) is 7.34. The van der Waals surface area contributed by atoms with Crippen molar-refractivity contribution < 1.29 is 9.90 Å². The second-order valence-corrected chi connectivity index (χ2v) is 5.44. The van der Waals surface area contributed by atoms with Crippen LogP contribution in [0, 0.1) is 5.41 Å². The molecule has 4 heteroatoms. The zero-order chi connectivity index (χ0) is 13.3. The molecule has 0 aliphatic heterocycles. The Hall–Kier alpha value is -0.610. The molecule has 0 heterocycles. The molecule has 4 nitrogen and oxygen atoms in total. The molecule has 0 atom stereocenters. The zero-order valence-electron chi connectivity index (χ0n) is 11.4. The third-order valence-corrected chi connectivity index (χ3v) is 4.05. The first-order valence-electron chi connectivity index (χ1n) is 7.34. The number of hydrogen-bond acceptors (Lipinski definition) is 3. The minimum Gasteiger partial charge on any atom is -0.396 e. The van der Waals surface area contributed by atoms with Crippen molar-refractivity contribution in [2.45, 2.75) is 57.8 Å². The normalized spacial score (nSPS) is 18.6. The summed E-state index contributed by atoms with van der Waals surface area (Å²) in [7, 11) is 0. The Morgan fingerprint density at radius 3 is 2.39 bits per heavy atom. The summed E-state index contributed by atoms with van der Waals surface area (Å²) >= 11 is 0. The molecular weight excluding hydrogens is 228 g/mol. The first-order chi connectivity index (χ1) is 8.75. The average Bonchev–Trinajstić information content (AvgIpc) is 2.43. The fourth-order valence-corrected chi connectivity index (χ4v) is 2.73. The quantitative estimate of drug-likeness (QED) is 0.577. The van der Waals surface area contributed by atoms with E-state index in [1.54, 1.807) is 0 Å². The first kappa shape index (κ1) is 15.4. The smallest absolute Gasteiger partial charge is 0.227 e. The van der Waals surface area contributed by atoms with Crippen LogP contribution in [0.15, 0.2) is 0 Å². The maximum absolute atomic E-state index is 12.2. The summed E-state index contributed by atoms with van der Waals surface area (Å²) in [5.74, 6) is 0.159. The number of rotatable bonds is 8. The van der Waals surface area contributed by atoms with Crippen LogP contribution in [0.3, 0.4) is 0 Å². The van der Waals surface area contributed by atoms with Gasteiger partial charge < -0.3 is 16.2 Å². The van der Waals surface area contributed by atoms with Gasteiger partial charge in [-0.05, 0) is 25.7 Å². The zero-order valence-corrected chi connectivity index (χ0v) is 11.4. The van der Waals surface area contributed by atoms with Gasteiger partial charge >= 0.3 is 0 Å². The molecule has 106 valence electrons. The maximum atomic E-state index is 12.2. The van der Waals surface area contributed by atoms with Gasteiger partial charge in [0, 0.05) is 19.7 Å². The van der Waals surface area contributed by atoms with Gasteiger partial charge in [-0.1, -0.05) is 32.1 Å². The van der Waals surface area contributed by atoms with E-state index in [9.17, 15) is 4.79 Å². The molecule has 0 radical (unpaired) electrons. The van der Waals surface area contributed by atoms with E-state index in [2.05, 4.69) is 5.32 Å². The number of unbranched alkanes of at least 4 members (excludes halogenated alkanes) is 3. The molecule has 1 aliphatic rings. The van der Waals surface area contributed by atoms with Gasteiger partial charge in [-0.3, -0.25) is 4.79 Å². The summed E-state index contributed by atoms with van der Waals surface area (Å²) in [6, 6.07) is 0. The Balaban J connectivity index is 2.21. The fourth-order valence-electron chi connectivity index (χ4n) is 2.73. The molecule has 18 heavy (non-hydrogen) atoms. The van der Waals surface area contributed by atoms with E-state index in [0.29, 0.717) is 6.54 Å². The summed E-state index contributed by atoms with van der Waals surface area (Å²) in [6.45, 7) is 1.48. The Kier molecular flexibility index (Phi) is 7.28. The predicted octanol–water partition coefficient (Wildman–Crippen LogP) is 1.56. The van der Waals surface area contributed by atoms with Crippen molar-refractivity contribution in [3.63, 3.8) is 0 Å². The van der Waals surface area contributed by atoms with E-state index in [1.165, 1.54) is 6.42 Å². The predicted molar refractivity (Wildman–Crippen MR) is 73.1 cm³/mol. The number of hydrogen-bond donors (Lipinski definition) is 3. The van der Waals surface area contributed by atoms with E-state index >= 15 is 0 Å². The number of aliphatic hydroxyl groups is 1. The van der Waals surface area contributed by atoms with Gasteiger partial charge in [0.2, 0.25) is 5.91 Å². The van der Waals surface area contributed by atoms with Gasteiger partial charge in [0.05, 0.1) is 5.41 Å². The van der Waals surface area contributed by atoms with Crippen molar-refractivity contribution in [2.24, 2.45) is 11.1 Å². The largest absolute Gasteiger partial charge is 0.396 e. The molecule has 0 aromatic carbocycles. The molecule has 0 spiro atoms. The minimum absolute atomic E-state index is 0.159. The van der Waals surface area contributed by atoms with Gasteiger partial charge in [0.15, 0.2) is 0 Å². The van der Waals surface area contributed by atoms with Crippen molar-refractivity contribution in [1.29, 1.82) is 0 Å². The van der Waals surface area contributed by atoms with Gasteiger partial charge in [0.25, 0.3) is 0 Å². The minimum atomic E-state index is -0.288. The highest BCUT2D eigenvalue weighted by Crippen LogP contribution is 2.35. The molecule has 0 aromatic rings. The SMILES string of the molecule is NCC1(C(=O)NCCCCCCO)CCCCC1. The maximum Gasteiger partial charge on any atom is 0.227 e. The molecule has 1 amide bonds. The van der Waals surface area contributed by atoms with Crippen LogP contribution in [-0.4, -0.2) is 30.7 Å². The number of carbonyl (C=O) groups excluding carboxylic acids is 1. The highest BCUT2D eigenvalue weighted by Gasteiger charge is 2.37. The van der Waals surface area contributed by atoms with Crippen molar-refractivity contribution in [2.75, 3.05) is 19.7 Å². The number of carbonyl (C=O) groups is 1. The lowest BCUT2D eigenvalue weighted by Gasteiger charge is -2.34. The van der Waals surface area contributed by atoms with Gasteiger partial charge in [-0.15, -0.1) is 0 Å². The molecule has 0 aromatic heterocycles. The third kappa shape index (κ3) is 4.58. The van der Waals surface area contributed by atoms with Crippen LogP contribution in [0.1, 0.15) is 57.8 Å². The van der Waals surface area contributed by atoms with Crippen LogP contribution in [-0.2, 0) is 4.79 Å². The van der Waals surface area contributed by atoms with Crippen LogP contribution in [0.4, 0.5) is 0 Å². The Morgan fingerprint density at radius 2 is 1.78 bits per heavy atom. The molecule has 1 fully saturated rings. The molecular formula is C14H28N2O2. The monoisotopic (exact) mass is 256 g/mol. The van der Waals surface area contributed by atoms with Gasteiger partial charge in [-0.2, -0.15) is 0 Å². The molecule has 0 bridgehead atoms. The van der Waals surface area contributed by atoms with E-state index in [-0.39, 0.29) is 17.9 Å². The summed E-state index contributed by atoms with van der Waals surface area (Å²) in [5.41, 5.74) is 5.53. The fraction of sp³-hybridized carbons (Fsp3) is 0.929. The van der Waals surface area contributed by atoms with E-state index in [4.69, 9.17) is 10.8 Å². The number of amides is 1. The summed E-state index contributed by atoms with van der Waals surface area (Å²) < 4.78 is 0.